The third-order valence-corrected chi connectivity index (χ3v) is 6.04. The van der Waals surface area contributed by atoms with Gasteiger partial charge in [0.15, 0.2) is 0 Å². The van der Waals surface area contributed by atoms with E-state index in [0.717, 1.165) is 0 Å². The van der Waals surface area contributed by atoms with Crippen LogP contribution >= 0.6 is 0 Å². The van der Waals surface area contributed by atoms with Crippen LogP contribution in [0.5, 0.6) is 0 Å². The van der Waals surface area contributed by atoms with E-state index in [0.29, 0.717) is 27.7 Å². The summed E-state index contributed by atoms with van der Waals surface area (Å²) in [6.07, 6.45) is 1.28. The summed E-state index contributed by atoms with van der Waals surface area (Å²) >= 11 is 0. The minimum absolute atomic E-state index is 0.234. The van der Waals surface area contributed by atoms with Crippen molar-refractivity contribution in [1.82, 2.24) is 9.97 Å². The molecule has 2 aromatic heterocycles. The first-order valence-electron chi connectivity index (χ1n) is 7.88. The van der Waals surface area contributed by atoms with Crippen molar-refractivity contribution in [1.29, 1.82) is 0 Å². The second kappa shape index (κ2) is 6.31. The van der Waals surface area contributed by atoms with Crippen LogP contribution in [-0.4, -0.2) is 35.9 Å². The van der Waals surface area contributed by atoms with E-state index in [1.54, 1.807) is 24.3 Å². The standard InChI is InChI=1S/C18H12N2O6S2/c21-27(22,23)13-5-1-11(2-6-13)15-8-4-12-3-7-14-16(28(24,25)26)9-10-19-18(14)17(12)20-15/h1-10H,(H,21,22,23)(H,24,25,26). The molecule has 0 radical (unpaired) electrons. The predicted octanol–water partition coefficient (Wildman–Crippen LogP) is 2.94. The SMILES string of the molecule is O=S(=O)(O)c1ccc(-c2ccc3ccc4c(S(=O)(=O)O)ccnc4c3n2)cc1. The van der Waals surface area contributed by atoms with Crippen molar-refractivity contribution in [2.75, 3.05) is 0 Å². The second-order valence-corrected chi connectivity index (χ2v) is 8.83. The first kappa shape index (κ1) is 18.4. The molecular formula is C18H12N2O6S2. The van der Waals surface area contributed by atoms with Crippen molar-refractivity contribution >= 4 is 42.0 Å². The number of hydrogen-bond donors (Lipinski definition) is 2. The van der Waals surface area contributed by atoms with E-state index in [1.807, 2.05) is 0 Å². The number of nitrogens with zero attached hydrogens (tertiary/aromatic N) is 2. The van der Waals surface area contributed by atoms with Crippen LogP contribution in [0.4, 0.5) is 0 Å². The first-order chi connectivity index (χ1) is 13.1. The van der Waals surface area contributed by atoms with Gasteiger partial charge in [-0.3, -0.25) is 14.1 Å². The van der Waals surface area contributed by atoms with E-state index in [2.05, 4.69) is 9.97 Å². The highest BCUT2D eigenvalue weighted by Crippen LogP contribution is 2.29. The molecule has 28 heavy (non-hydrogen) atoms. The van der Waals surface area contributed by atoms with Crippen LogP contribution < -0.4 is 0 Å². The molecule has 0 fully saturated rings. The van der Waals surface area contributed by atoms with Gasteiger partial charge in [0.2, 0.25) is 0 Å². The van der Waals surface area contributed by atoms with Crippen LogP contribution in [0.25, 0.3) is 33.1 Å². The molecule has 2 aromatic carbocycles. The van der Waals surface area contributed by atoms with Crippen LogP contribution in [0.1, 0.15) is 0 Å². The topological polar surface area (TPSA) is 135 Å². The van der Waals surface area contributed by atoms with Crippen LogP contribution in [-0.2, 0) is 20.2 Å². The zero-order valence-electron chi connectivity index (χ0n) is 14.0. The lowest BCUT2D eigenvalue weighted by molar-refractivity contribution is 0.481. The van der Waals surface area contributed by atoms with Gasteiger partial charge in [-0.25, -0.2) is 4.98 Å². The normalized spacial score (nSPS) is 12.5. The molecule has 0 bridgehead atoms. The summed E-state index contributed by atoms with van der Waals surface area (Å²) in [5.74, 6) is 0. The summed E-state index contributed by atoms with van der Waals surface area (Å²) < 4.78 is 64.1. The Morgan fingerprint density at radius 1 is 0.714 bits per heavy atom. The molecule has 0 aliphatic carbocycles. The highest BCUT2D eigenvalue weighted by atomic mass is 32.2. The van der Waals surface area contributed by atoms with Crippen molar-refractivity contribution in [3.8, 4) is 11.3 Å². The maximum absolute atomic E-state index is 11.6. The smallest absolute Gasteiger partial charge is 0.282 e. The Morgan fingerprint density at radius 2 is 1.39 bits per heavy atom. The molecule has 142 valence electrons. The molecule has 8 nitrogen and oxygen atoms in total. The van der Waals surface area contributed by atoms with Gasteiger partial charge in [0.25, 0.3) is 20.2 Å². The van der Waals surface area contributed by atoms with Crippen molar-refractivity contribution in [2.24, 2.45) is 0 Å². The van der Waals surface area contributed by atoms with E-state index in [1.165, 1.54) is 36.5 Å². The Bertz CT molecular complexity index is 1450. The average Bonchev–Trinajstić information content (AvgIpc) is 2.65. The molecule has 4 aromatic rings. The Morgan fingerprint density at radius 3 is 2.04 bits per heavy atom. The second-order valence-electron chi connectivity index (χ2n) is 6.01. The molecule has 2 N–H and O–H groups in total. The summed E-state index contributed by atoms with van der Waals surface area (Å²) in [6, 6.07) is 13.4. The lowest BCUT2D eigenvalue weighted by Gasteiger charge is -2.08. The first-order valence-corrected chi connectivity index (χ1v) is 10.8. The number of benzene rings is 2. The van der Waals surface area contributed by atoms with Crippen LogP contribution in [0.3, 0.4) is 0 Å². The van der Waals surface area contributed by atoms with Crippen molar-refractivity contribution in [3.05, 3.63) is 60.8 Å². The van der Waals surface area contributed by atoms with Gasteiger partial charge in [-0.15, -0.1) is 0 Å². The predicted molar refractivity (Wildman–Crippen MR) is 102 cm³/mol. The summed E-state index contributed by atoms with van der Waals surface area (Å²) in [7, 11) is -8.72. The summed E-state index contributed by atoms with van der Waals surface area (Å²) in [5, 5.41) is 0.953. The van der Waals surface area contributed by atoms with E-state index in [-0.39, 0.29) is 15.2 Å². The van der Waals surface area contributed by atoms with Crippen LogP contribution in [0, 0.1) is 0 Å². The van der Waals surface area contributed by atoms with Gasteiger partial charge in [-0.2, -0.15) is 16.8 Å². The van der Waals surface area contributed by atoms with Crippen molar-refractivity contribution in [2.45, 2.75) is 9.79 Å². The van der Waals surface area contributed by atoms with Gasteiger partial charge in [0, 0.05) is 22.5 Å². The quantitative estimate of drug-likeness (QED) is 0.384. The fraction of sp³-hybridized carbons (Fsp3) is 0. The summed E-state index contributed by atoms with van der Waals surface area (Å²) in [6.45, 7) is 0. The molecule has 10 heteroatoms. The number of pyridine rings is 2. The minimum atomic E-state index is -4.43. The third kappa shape index (κ3) is 3.22. The monoisotopic (exact) mass is 416 g/mol. The Hall–Kier alpha value is -2.92. The Labute approximate surface area is 160 Å². The molecule has 0 saturated carbocycles. The number of hydrogen-bond acceptors (Lipinski definition) is 6. The van der Waals surface area contributed by atoms with Crippen molar-refractivity contribution < 1.29 is 25.9 Å². The highest BCUT2D eigenvalue weighted by Gasteiger charge is 2.16. The average molecular weight is 416 g/mol. The van der Waals surface area contributed by atoms with Crippen molar-refractivity contribution in [3.63, 3.8) is 0 Å². The van der Waals surface area contributed by atoms with Gasteiger partial charge in [0.1, 0.15) is 4.90 Å². The van der Waals surface area contributed by atoms with E-state index >= 15 is 0 Å². The third-order valence-electron chi connectivity index (χ3n) is 4.26. The van der Waals surface area contributed by atoms with Gasteiger partial charge in [0.05, 0.1) is 21.6 Å². The van der Waals surface area contributed by atoms with Gasteiger partial charge in [-0.05, 0) is 24.3 Å². The lowest BCUT2D eigenvalue weighted by Crippen LogP contribution is -2.00. The van der Waals surface area contributed by atoms with E-state index in [4.69, 9.17) is 4.55 Å². The summed E-state index contributed by atoms with van der Waals surface area (Å²) in [4.78, 5) is 8.26. The molecule has 0 atom stereocenters. The molecule has 0 unspecified atom stereocenters. The molecule has 0 amide bonds. The van der Waals surface area contributed by atoms with Gasteiger partial charge < -0.3 is 0 Å². The Kier molecular flexibility index (Phi) is 4.16. The van der Waals surface area contributed by atoms with Crippen LogP contribution in [0.15, 0.2) is 70.6 Å². The summed E-state index contributed by atoms with van der Waals surface area (Å²) in [5.41, 5.74) is 1.83. The van der Waals surface area contributed by atoms with E-state index < -0.39 is 20.2 Å². The van der Waals surface area contributed by atoms with Gasteiger partial charge >= 0.3 is 0 Å². The van der Waals surface area contributed by atoms with Gasteiger partial charge in [-0.1, -0.05) is 30.3 Å². The van der Waals surface area contributed by atoms with Crippen LogP contribution in [0.2, 0.25) is 0 Å². The Balaban J connectivity index is 1.94. The largest absolute Gasteiger partial charge is 0.295 e. The molecule has 4 rings (SSSR count). The number of aromatic nitrogens is 2. The van der Waals surface area contributed by atoms with E-state index in [9.17, 15) is 21.4 Å². The minimum Gasteiger partial charge on any atom is -0.282 e. The fourth-order valence-corrected chi connectivity index (χ4v) is 4.11. The number of fused-ring (bicyclic) bond motifs is 3. The number of rotatable bonds is 3. The maximum Gasteiger partial charge on any atom is 0.295 e. The zero-order valence-corrected chi connectivity index (χ0v) is 15.6. The lowest BCUT2D eigenvalue weighted by atomic mass is 10.1. The maximum atomic E-state index is 11.6. The zero-order chi connectivity index (χ0) is 20.1. The molecule has 0 saturated heterocycles. The highest BCUT2D eigenvalue weighted by molar-refractivity contribution is 7.86. The molecule has 0 spiro atoms. The molecule has 0 aliphatic heterocycles. The molecule has 0 aliphatic rings. The molecule has 2 heterocycles. The fourth-order valence-electron chi connectivity index (χ4n) is 2.96. The molecular weight excluding hydrogens is 404 g/mol.